The number of nitrogens with one attached hydrogen (secondary N) is 2. The van der Waals surface area contributed by atoms with Crippen LogP contribution in [0, 0.1) is 12.8 Å². The summed E-state index contributed by atoms with van der Waals surface area (Å²) in [5.74, 6) is -1.42. The molecule has 0 saturated carbocycles. The molecule has 0 aliphatic heterocycles. The lowest BCUT2D eigenvalue weighted by Gasteiger charge is -2.16. The van der Waals surface area contributed by atoms with E-state index in [0.717, 1.165) is 43.7 Å². The fourth-order valence-electron chi connectivity index (χ4n) is 3.23. The molecule has 10 heteroatoms. The molecule has 2 aromatic heterocycles. The summed E-state index contributed by atoms with van der Waals surface area (Å²) in [6, 6.07) is 0.212. The first-order valence-corrected chi connectivity index (χ1v) is 14.3. The lowest BCUT2D eigenvalue weighted by Crippen LogP contribution is -2.27. The monoisotopic (exact) mass is 553 g/mol. The van der Waals surface area contributed by atoms with Gasteiger partial charge < -0.3 is 15.5 Å². The molecule has 0 radical (unpaired) electrons. The lowest BCUT2D eigenvalue weighted by molar-refractivity contribution is -0.121. The van der Waals surface area contributed by atoms with Crippen LogP contribution in [0.2, 0.25) is 0 Å². The Morgan fingerprint density at radius 1 is 1.21 bits per heavy atom. The second-order valence-electron chi connectivity index (χ2n) is 9.99. The van der Waals surface area contributed by atoms with Gasteiger partial charge in [0.2, 0.25) is 11.8 Å². The van der Waals surface area contributed by atoms with Gasteiger partial charge in [-0.1, -0.05) is 60.0 Å². The minimum Gasteiger partial charge on any atom is -0.383 e. The van der Waals surface area contributed by atoms with Crippen LogP contribution in [0.25, 0.3) is 5.78 Å². The number of imidazole rings is 1. The first-order chi connectivity index (χ1) is 18.4. The molecule has 2 heterocycles. The number of allylic oxidation sites excluding steroid dienone is 1. The maximum Gasteiger partial charge on any atom is 0.250 e. The van der Waals surface area contributed by atoms with E-state index >= 15 is 0 Å². The molecule has 1 amide bonds. The summed E-state index contributed by atoms with van der Waals surface area (Å²) in [5, 5.41) is 10.2. The van der Waals surface area contributed by atoms with E-state index in [1.54, 1.807) is 17.6 Å². The van der Waals surface area contributed by atoms with Crippen molar-refractivity contribution in [3.63, 3.8) is 0 Å². The Morgan fingerprint density at radius 2 is 1.87 bits per heavy atom. The Kier molecular flexibility index (Phi) is 18.9. The van der Waals surface area contributed by atoms with Crippen LogP contribution in [-0.4, -0.2) is 63.0 Å². The molecule has 0 aliphatic rings. The number of amides is 1. The Bertz CT molecular complexity index is 939. The molecule has 224 valence electrons. The van der Waals surface area contributed by atoms with Crippen LogP contribution in [0.4, 0.5) is 8.78 Å². The number of nitrogens with zero attached hydrogens (tertiary/aromatic N) is 5. The fourth-order valence-corrected chi connectivity index (χ4v) is 3.23. The van der Waals surface area contributed by atoms with Crippen LogP contribution in [0.15, 0.2) is 24.7 Å². The van der Waals surface area contributed by atoms with Crippen molar-refractivity contribution in [3.05, 3.63) is 36.1 Å². The molecule has 0 saturated heterocycles. The van der Waals surface area contributed by atoms with Gasteiger partial charge in [-0.25, -0.2) is 23.3 Å². The van der Waals surface area contributed by atoms with Crippen molar-refractivity contribution in [1.29, 1.82) is 0 Å². The van der Waals surface area contributed by atoms with E-state index in [2.05, 4.69) is 65.3 Å². The van der Waals surface area contributed by atoms with Crippen LogP contribution < -0.4 is 10.6 Å². The molecule has 39 heavy (non-hydrogen) atoms. The highest BCUT2D eigenvalue weighted by Gasteiger charge is 2.20. The molecule has 2 aromatic rings. The van der Waals surface area contributed by atoms with Gasteiger partial charge in [0.25, 0.3) is 5.78 Å². The molecule has 0 aromatic carbocycles. The Balaban J connectivity index is 0.000000707. The number of alkyl halides is 2. The molecule has 0 bridgehead atoms. The van der Waals surface area contributed by atoms with Crippen molar-refractivity contribution in [2.75, 3.05) is 26.7 Å². The Labute approximate surface area is 235 Å². The first kappa shape index (κ1) is 36.4. The van der Waals surface area contributed by atoms with E-state index in [-0.39, 0.29) is 24.9 Å². The SMILES string of the molecule is C/C=C/NC(CCCC(C)CC)c1cn2nc(C)cnc2n1.CCC(=O)NCCC(C)(F)F.CCN(C)CC. The van der Waals surface area contributed by atoms with E-state index in [1.807, 2.05) is 32.3 Å². The van der Waals surface area contributed by atoms with E-state index in [9.17, 15) is 13.6 Å². The van der Waals surface area contributed by atoms with Crippen LogP contribution in [0.1, 0.15) is 104 Å². The smallest absolute Gasteiger partial charge is 0.250 e. The van der Waals surface area contributed by atoms with Crippen molar-refractivity contribution in [2.45, 2.75) is 106 Å². The number of carbonyl (C=O) groups excluding carboxylic acids is 1. The lowest BCUT2D eigenvalue weighted by atomic mass is 9.98. The summed E-state index contributed by atoms with van der Waals surface area (Å²) in [5.41, 5.74) is 1.90. The summed E-state index contributed by atoms with van der Waals surface area (Å²) >= 11 is 0. The van der Waals surface area contributed by atoms with Crippen LogP contribution in [-0.2, 0) is 4.79 Å². The van der Waals surface area contributed by atoms with Crippen molar-refractivity contribution in [1.82, 2.24) is 35.1 Å². The van der Waals surface area contributed by atoms with Gasteiger partial charge in [-0.15, -0.1) is 0 Å². The number of fused-ring (bicyclic) bond motifs is 1. The van der Waals surface area contributed by atoms with Gasteiger partial charge in [0.05, 0.1) is 29.8 Å². The topological polar surface area (TPSA) is 87.5 Å². The predicted molar refractivity (Wildman–Crippen MR) is 157 cm³/mol. The average Bonchev–Trinajstić information content (AvgIpc) is 3.32. The van der Waals surface area contributed by atoms with Gasteiger partial charge >= 0.3 is 0 Å². The van der Waals surface area contributed by atoms with Gasteiger partial charge in [-0.3, -0.25) is 4.79 Å². The highest BCUT2D eigenvalue weighted by atomic mass is 19.3. The maximum absolute atomic E-state index is 12.1. The van der Waals surface area contributed by atoms with Crippen molar-refractivity contribution in [3.8, 4) is 0 Å². The average molecular weight is 554 g/mol. The second kappa shape index (κ2) is 20.3. The zero-order chi connectivity index (χ0) is 29.8. The van der Waals surface area contributed by atoms with Gasteiger partial charge in [-0.2, -0.15) is 5.10 Å². The normalized spacial score (nSPS) is 12.9. The van der Waals surface area contributed by atoms with Gasteiger partial charge in [0, 0.05) is 19.4 Å². The molecule has 8 nitrogen and oxygen atoms in total. The third-order valence-corrected chi connectivity index (χ3v) is 6.32. The van der Waals surface area contributed by atoms with Gasteiger partial charge in [-0.05, 0) is 59.4 Å². The molecule has 0 aliphatic carbocycles. The predicted octanol–water partition coefficient (Wildman–Crippen LogP) is 6.33. The highest BCUT2D eigenvalue weighted by molar-refractivity contribution is 5.75. The number of halogens is 2. The zero-order valence-electron chi connectivity index (χ0n) is 25.7. The fraction of sp³-hybridized carbons (Fsp3) is 0.724. The van der Waals surface area contributed by atoms with Crippen LogP contribution in [0.5, 0.6) is 0 Å². The van der Waals surface area contributed by atoms with E-state index in [4.69, 9.17) is 0 Å². The number of hydrogen-bond acceptors (Lipinski definition) is 6. The van der Waals surface area contributed by atoms with E-state index < -0.39 is 5.92 Å². The van der Waals surface area contributed by atoms with E-state index in [0.29, 0.717) is 12.2 Å². The number of aromatic nitrogens is 4. The number of carbonyl (C=O) groups is 1. The molecule has 0 spiro atoms. The molecule has 2 rings (SSSR count). The van der Waals surface area contributed by atoms with Crippen molar-refractivity contribution in [2.24, 2.45) is 5.92 Å². The molecular weight excluding hydrogens is 500 g/mol. The standard InChI is InChI=1S/C17H27N5.C7H13F2NO.C5H13N/c1-5-10-18-15(9-7-8-13(3)6-2)16-12-22-17(20-16)19-11-14(4)21-22;1-3-6(11)10-5-4-7(2,8)9;1-4-6(3)5-2/h5,10-13,15,18H,6-9H2,1-4H3;3-5H2,1-2H3,(H,10,11);4-5H2,1-3H3/b10-5+;;. The summed E-state index contributed by atoms with van der Waals surface area (Å²) in [7, 11) is 2.11. The van der Waals surface area contributed by atoms with Crippen molar-refractivity contribution >= 4 is 11.7 Å². The minimum atomic E-state index is -2.68. The summed E-state index contributed by atoms with van der Waals surface area (Å²) in [6.45, 7) is 17.7. The third kappa shape index (κ3) is 17.6. The van der Waals surface area contributed by atoms with Crippen LogP contribution >= 0.6 is 0 Å². The maximum atomic E-state index is 12.1. The Morgan fingerprint density at radius 3 is 2.38 bits per heavy atom. The molecular formula is C29H53F2N7O. The summed E-state index contributed by atoms with van der Waals surface area (Å²) in [4.78, 5) is 21.7. The van der Waals surface area contributed by atoms with Gasteiger partial charge in [0.1, 0.15) is 0 Å². The number of aryl methyl sites for hydroxylation is 1. The molecule has 2 unspecified atom stereocenters. The minimum absolute atomic E-state index is 0.0518. The second-order valence-corrected chi connectivity index (χ2v) is 9.99. The number of rotatable bonds is 14. The number of hydrogen-bond donors (Lipinski definition) is 2. The van der Waals surface area contributed by atoms with Gasteiger partial charge in [0.15, 0.2) is 0 Å². The van der Waals surface area contributed by atoms with Crippen LogP contribution in [0.3, 0.4) is 0 Å². The third-order valence-electron chi connectivity index (χ3n) is 6.32. The quantitative estimate of drug-likeness (QED) is 0.284. The first-order valence-electron chi connectivity index (χ1n) is 14.3. The summed E-state index contributed by atoms with van der Waals surface area (Å²) < 4.78 is 26.0. The molecule has 0 fully saturated rings. The van der Waals surface area contributed by atoms with Crippen molar-refractivity contribution < 1.29 is 13.6 Å². The summed E-state index contributed by atoms with van der Waals surface area (Å²) in [6.07, 6.45) is 12.6. The highest BCUT2D eigenvalue weighted by Crippen LogP contribution is 2.21. The van der Waals surface area contributed by atoms with E-state index in [1.165, 1.54) is 19.3 Å². The largest absolute Gasteiger partial charge is 0.383 e. The Hall–Kier alpha value is -2.62. The zero-order valence-corrected chi connectivity index (χ0v) is 25.7. The molecule has 2 atom stereocenters. The molecule has 2 N–H and O–H groups in total.